The Hall–Kier alpha value is -3.85. The molecule has 0 unspecified atom stereocenters. The molecular weight excluding hydrogens is 508 g/mol. The molecule has 2 aliphatic heterocycles. The number of rotatable bonds is 8. The minimum atomic E-state index is -0.395. The molecule has 2 aromatic heterocycles. The number of hydrogen-bond donors (Lipinski definition) is 2. The van der Waals surface area contributed by atoms with E-state index in [0.717, 1.165) is 29.4 Å². The lowest BCUT2D eigenvalue weighted by molar-refractivity contribution is -0.170. The summed E-state index contributed by atoms with van der Waals surface area (Å²) in [6.07, 6.45) is 3.66. The molecule has 5 rings (SSSR count). The second kappa shape index (κ2) is 11.0. The highest BCUT2D eigenvalue weighted by atomic mass is 16.5. The largest absolute Gasteiger partial charge is 0.496 e. The van der Waals surface area contributed by atoms with Gasteiger partial charge in [0.25, 0.3) is 11.5 Å². The molecule has 0 aliphatic carbocycles. The molecule has 2 saturated heterocycles. The molecule has 0 spiro atoms. The van der Waals surface area contributed by atoms with E-state index in [9.17, 15) is 14.4 Å². The molecule has 0 saturated carbocycles. The fourth-order valence-electron chi connectivity index (χ4n) is 6.22. The molecule has 4 heterocycles. The molecule has 0 radical (unpaired) electrons. The number of allylic oxidation sites excluding steroid dienone is 1. The van der Waals surface area contributed by atoms with Gasteiger partial charge in [-0.15, -0.1) is 6.58 Å². The number of carbonyl (C=O) groups excluding carboxylic acids is 2. The number of pyridine rings is 1. The normalized spacial score (nSPS) is 17.8. The van der Waals surface area contributed by atoms with Gasteiger partial charge in [0.05, 0.1) is 49.5 Å². The number of nitrogens with zero attached hydrogens (tertiary/aromatic N) is 2. The zero-order valence-electron chi connectivity index (χ0n) is 23.7. The van der Waals surface area contributed by atoms with Gasteiger partial charge in [-0.2, -0.15) is 0 Å². The lowest BCUT2D eigenvalue weighted by Gasteiger charge is -2.43. The van der Waals surface area contributed by atoms with Gasteiger partial charge in [-0.25, -0.2) is 0 Å². The first-order valence-electron chi connectivity index (χ1n) is 13.8. The van der Waals surface area contributed by atoms with Crippen LogP contribution in [0.2, 0.25) is 0 Å². The predicted molar refractivity (Wildman–Crippen MR) is 154 cm³/mol. The summed E-state index contributed by atoms with van der Waals surface area (Å²) in [5.74, 6) is 0.635. The van der Waals surface area contributed by atoms with Gasteiger partial charge in [-0.1, -0.05) is 24.3 Å². The lowest BCUT2D eigenvalue weighted by Crippen LogP contribution is -2.55. The third kappa shape index (κ3) is 4.83. The summed E-state index contributed by atoms with van der Waals surface area (Å²) in [7, 11) is 1.51. The summed E-state index contributed by atoms with van der Waals surface area (Å²) < 4.78 is 12.9. The van der Waals surface area contributed by atoms with E-state index in [0.29, 0.717) is 48.9 Å². The van der Waals surface area contributed by atoms with Crippen LogP contribution in [0.25, 0.3) is 10.9 Å². The van der Waals surface area contributed by atoms with Crippen molar-refractivity contribution in [1.82, 2.24) is 19.8 Å². The number of nitrogens with one attached hydrogen (secondary N) is 2. The van der Waals surface area contributed by atoms with Gasteiger partial charge in [0, 0.05) is 35.4 Å². The van der Waals surface area contributed by atoms with Crippen LogP contribution in [0.3, 0.4) is 0 Å². The molecule has 212 valence electrons. The fourth-order valence-corrected chi connectivity index (χ4v) is 6.22. The Morgan fingerprint density at radius 3 is 2.58 bits per heavy atom. The Morgan fingerprint density at radius 1 is 1.25 bits per heavy atom. The monoisotopic (exact) mass is 546 g/mol. The Bertz CT molecular complexity index is 1510. The van der Waals surface area contributed by atoms with Gasteiger partial charge in [-0.3, -0.25) is 14.4 Å². The third-order valence-corrected chi connectivity index (χ3v) is 8.47. The maximum atomic E-state index is 13.6. The molecule has 0 bridgehead atoms. The van der Waals surface area contributed by atoms with E-state index in [1.807, 2.05) is 49.1 Å². The molecule has 2 aliphatic rings. The smallest absolute Gasteiger partial charge is 0.256 e. The Kier molecular flexibility index (Phi) is 7.59. The zero-order chi connectivity index (χ0) is 28.6. The first-order chi connectivity index (χ1) is 19.2. The number of likely N-dealkylation sites (tertiary alicyclic amines) is 1. The fraction of sp³-hybridized carbons (Fsp3) is 0.452. The van der Waals surface area contributed by atoms with E-state index in [1.54, 1.807) is 13.0 Å². The molecular formula is C31H38N4O5. The van der Waals surface area contributed by atoms with Crippen LogP contribution < -0.4 is 15.6 Å². The quantitative estimate of drug-likeness (QED) is 0.417. The molecule has 40 heavy (non-hydrogen) atoms. The maximum Gasteiger partial charge on any atom is 0.256 e. The zero-order valence-corrected chi connectivity index (χ0v) is 23.7. The summed E-state index contributed by atoms with van der Waals surface area (Å²) in [5, 5.41) is 3.79. The van der Waals surface area contributed by atoms with Crippen LogP contribution in [0.15, 0.2) is 47.8 Å². The third-order valence-electron chi connectivity index (χ3n) is 8.47. The van der Waals surface area contributed by atoms with Gasteiger partial charge in [0.2, 0.25) is 5.91 Å². The first kappa shape index (κ1) is 27.7. The molecule has 9 nitrogen and oxygen atoms in total. The van der Waals surface area contributed by atoms with Crippen molar-refractivity contribution in [3.8, 4) is 5.75 Å². The minimum absolute atomic E-state index is 0.0358. The Labute approximate surface area is 234 Å². The number of hydrogen-bond acceptors (Lipinski definition) is 5. The number of aryl methyl sites for hydroxylation is 1. The average Bonchev–Trinajstić information content (AvgIpc) is 3.22. The summed E-state index contributed by atoms with van der Waals surface area (Å²) in [6, 6.07) is 9.59. The second-order valence-electron chi connectivity index (χ2n) is 11.3. The number of aromatic nitrogens is 2. The minimum Gasteiger partial charge on any atom is -0.496 e. The number of amides is 2. The average molecular weight is 547 g/mol. The van der Waals surface area contributed by atoms with Crippen LogP contribution in [0.5, 0.6) is 5.75 Å². The summed E-state index contributed by atoms with van der Waals surface area (Å²) >= 11 is 0. The van der Waals surface area contributed by atoms with Crippen LogP contribution in [0.4, 0.5) is 0 Å². The van der Waals surface area contributed by atoms with Crippen LogP contribution in [-0.2, 0) is 16.1 Å². The van der Waals surface area contributed by atoms with Crippen LogP contribution in [0, 0.1) is 25.2 Å². The van der Waals surface area contributed by atoms with Gasteiger partial charge in [0.1, 0.15) is 5.75 Å². The van der Waals surface area contributed by atoms with Crippen LogP contribution >= 0.6 is 0 Å². The van der Waals surface area contributed by atoms with Crippen molar-refractivity contribution in [2.45, 2.75) is 46.2 Å². The predicted octanol–water partition coefficient (Wildman–Crippen LogP) is 3.89. The van der Waals surface area contributed by atoms with Gasteiger partial charge >= 0.3 is 0 Å². The van der Waals surface area contributed by atoms with E-state index in [2.05, 4.69) is 21.4 Å². The van der Waals surface area contributed by atoms with E-state index in [1.165, 1.54) is 7.11 Å². The standard InChI is InChI=1S/C31H38N4O5/c1-6-24(21-11-13-34(14-12-21)30(38)31(4)17-40-18-31)35-20(3)27(22-9-7-8-10-25(22)35)29(37)32-16-23-26(39-5)15-19(2)33-28(23)36/h6-10,15,21,24H,1,11-14,16-18H2,2-5H3,(H,32,37)(H,33,36)/t24-/m1/s1. The van der Waals surface area contributed by atoms with Gasteiger partial charge < -0.3 is 29.2 Å². The first-order valence-corrected chi connectivity index (χ1v) is 13.8. The summed E-state index contributed by atoms with van der Waals surface area (Å²) in [5.41, 5.74) is 2.75. The maximum absolute atomic E-state index is 13.6. The number of H-pyrrole nitrogens is 1. The molecule has 3 aromatic rings. The lowest BCUT2D eigenvalue weighted by atomic mass is 9.84. The van der Waals surface area contributed by atoms with Crippen molar-refractivity contribution >= 4 is 22.7 Å². The molecule has 9 heteroatoms. The van der Waals surface area contributed by atoms with E-state index in [-0.39, 0.29) is 35.9 Å². The van der Waals surface area contributed by atoms with Crippen molar-refractivity contribution in [3.63, 3.8) is 0 Å². The van der Waals surface area contributed by atoms with Crippen LogP contribution in [-0.4, -0.2) is 59.7 Å². The van der Waals surface area contributed by atoms with Crippen molar-refractivity contribution in [2.24, 2.45) is 11.3 Å². The van der Waals surface area contributed by atoms with Crippen LogP contribution in [0.1, 0.15) is 53.1 Å². The number of aromatic amines is 1. The second-order valence-corrected chi connectivity index (χ2v) is 11.3. The van der Waals surface area contributed by atoms with E-state index in [4.69, 9.17) is 9.47 Å². The SMILES string of the molecule is C=C[C@H](C1CCN(C(=O)C2(C)COC2)CC1)n1c(C)c(C(=O)NCc2c(OC)cc(C)[nH]c2=O)c2ccccc21. The molecule has 2 fully saturated rings. The van der Waals surface area contributed by atoms with Crippen molar-refractivity contribution in [2.75, 3.05) is 33.4 Å². The number of fused-ring (bicyclic) bond motifs is 1. The topological polar surface area (TPSA) is 106 Å². The number of piperidine rings is 1. The number of methoxy groups -OCH3 is 1. The van der Waals surface area contributed by atoms with Crippen molar-refractivity contribution in [1.29, 1.82) is 0 Å². The highest BCUT2D eigenvalue weighted by Crippen LogP contribution is 2.38. The summed E-state index contributed by atoms with van der Waals surface area (Å²) in [4.78, 5) is 43.9. The Balaban J connectivity index is 1.39. The molecule has 2 amide bonds. The number of ether oxygens (including phenoxy) is 2. The number of carbonyl (C=O) groups is 2. The Morgan fingerprint density at radius 2 is 1.95 bits per heavy atom. The number of para-hydroxylation sites is 1. The highest BCUT2D eigenvalue weighted by Gasteiger charge is 2.44. The summed E-state index contributed by atoms with van der Waals surface area (Å²) in [6.45, 7) is 12.3. The molecule has 1 atom stereocenters. The number of benzene rings is 1. The highest BCUT2D eigenvalue weighted by molar-refractivity contribution is 6.08. The van der Waals surface area contributed by atoms with Crippen molar-refractivity contribution in [3.05, 3.63) is 75.9 Å². The molecule has 2 N–H and O–H groups in total. The van der Waals surface area contributed by atoms with E-state index < -0.39 is 5.41 Å². The van der Waals surface area contributed by atoms with Crippen molar-refractivity contribution < 1.29 is 19.1 Å². The van der Waals surface area contributed by atoms with E-state index >= 15 is 0 Å². The molecule has 1 aromatic carbocycles. The van der Waals surface area contributed by atoms with Gasteiger partial charge in [-0.05, 0) is 51.7 Å². The van der Waals surface area contributed by atoms with Gasteiger partial charge in [0.15, 0.2) is 0 Å².